The first kappa shape index (κ1) is 13.9. The number of aryl methyl sites for hydroxylation is 2. The minimum absolute atomic E-state index is 0.366. The molecule has 3 aromatic heterocycles. The Morgan fingerprint density at radius 1 is 1.24 bits per heavy atom. The Kier molecular flexibility index (Phi) is 3.55. The Morgan fingerprint density at radius 2 is 2.05 bits per heavy atom. The largest absolute Gasteiger partial charge is 0.370 e. The molecule has 4 nitrogen and oxygen atoms in total. The van der Waals surface area contributed by atoms with Crippen molar-refractivity contribution in [2.45, 2.75) is 20.8 Å². The molecule has 108 valence electrons. The number of fused-ring (bicyclic) bond motifs is 1. The standard InChI is InChI=1S/C15H15FN4S/c1-4-17-14-12-8(2)9(3)21-15(12)20-13(19-14)11-6-5-10(16)7-18-11/h5-7H,4H2,1-3H3,(H,17,19,20). The minimum atomic E-state index is -0.366. The van der Waals surface area contributed by atoms with E-state index in [4.69, 9.17) is 0 Å². The first-order chi connectivity index (χ1) is 10.1. The van der Waals surface area contributed by atoms with E-state index in [0.717, 1.165) is 22.6 Å². The van der Waals surface area contributed by atoms with Gasteiger partial charge in [0.1, 0.15) is 22.2 Å². The highest BCUT2D eigenvalue weighted by atomic mass is 32.1. The van der Waals surface area contributed by atoms with Gasteiger partial charge in [-0.15, -0.1) is 11.3 Å². The van der Waals surface area contributed by atoms with E-state index in [1.807, 2.05) is 6.92 Å². The molecule has 0 unspecified atom stereocenters. The monoisotopic (exact) mass is 302 g/mol. The van der Waals surface area contributed by atoms with Crippen LogP contribution in [0.3, 0.4) is 0 Å². The van der Waals surface area contributed by atoms with Gasteiger partial charge in [-0.25, -0.2) is 19.3 Å². The zero-order valence-corrected chi connectivity index (χ0v) is 12.9. The number of halogens is 1. The molecule has 6 heteroatoms. The highest BCUT2D eigenvalue weighted by Gasteiger charge is 2.15. The molecule has 0 fully saturated rings. The van der Waals surface area contributed by atoms with E-state index < -0.39 is 0 Å². The van der Waals surface area contributed by atoms with Crippen molar-refractivity contribution < 1.29 is 4.39 Å². The van der Waals surface area contributed by atoms with Gasteiger partial charge in [0, 0.05) is 11.4 Å². The second-order valence-corrected chi connectivity index (χ2v) is 5.95. The lowest BCUT2D eigenvalue weighted by Gasteiger charge is -2.07. The molecule has 1 N–H and O–H groups in total. The van der Waals surface area contributed by atoms with E-state index in [-0.39, 0.29) is 5.82 Å². The van der Waals surface area contributed by atoms with E-state index in [9.17, 15) is 4.39 Å². The first-order valence-corrected chi connectivity index (χ1v) is 7.55. The molecular weight excluding hydrogens is 287 g/mol. The Morgan fingerprint density at radius 3 is 2.71 bits per heavy atom. The Labute approximate surface area is 126 Å². The van der Waals surface area contributed by atoms with Gasteiger partial charge in [-0.05, 0) is 38.5 Å². The van der Waals surface area contributed by atoms with Crippen molar-refractivity contribution in [1.82, 2.24) is 15.0 Å². The average Bonchev–Trinajstić information content (AvgIpc) is 2.75. The summed E-state index contributed by atoms with van der Waals surface area (Å²) in [4.78, 5) is 15.4. The maximum Gasteiger partial charge on any atom is 0.181 e. The van der Waals surface area contributed by atoms with Crippen molar-refractivity contribution in [2.75, 3.05) is 11.9 Å². The van der Waals surface area contributed by atoms with Gasteiger partial charge < -0.3 is 5.32 Å². The average molecular weight is 302 g/mol. The van der Waals surface area contributed by atoms with Crippen LogP contribution in [0.2, 0.25) is 0 Å². The summed E-state index contributed by atoms with van der Waals surface area (Å²) in [7, 11) is 0. The van der Waals surface area contributed by atoms with Crippen LogP contribution in [0.5, 0.6) is 0 Å². The predicted octanol–water partition coefficient (Wildman–Crippen LogP) is 3.94. The van der Waals surface area contributed by atoms with Crippen LogP contribution in [0.4, 0.5) is 10.2 Å². The molecule has 21 heavy (non-hydrogen) atoms. The number of hydrogen-bond donors (Lipinski definition) is 1. The van der Waals surface area contributed by atoms with Crippen LogP contribution >= 0.6 is 11.3 Å². The van der Waals surface area contributed by atoms with Crippen LogP contribution in [0.1, 0.15) is 17.4 Å². The molecule has 0 radical (unpaired) electrons. The second kappa shape index (κ2) is 5.37. The third-order valence-electron chi connectivity index (χ3n) is 3.33. The SMILES string of the molecule is CCNc1nc(-c2ccc(F)cn2)nc2sc(C)c(C)c12. The Hall–Kier alpha value is -2.08. The van der Waals surface area contributed by atoms with E-state index >= 15 is 0 Å². The fourth-order valence-corrected chi connectivity index (χ4v) is 3.20. The molecule has 0 amide bonds. The summed E-state index contributed by atoms with van der Waals surface area (Å²) in [5, 5.41) is 4.34. The summed E-state index contributed by atoms with van der Waals surface area (Å²) in [5.41, 5.74) is 1.77. The third kappa shape index (κ3) is 2.47. The molecule has 0 saturated heterocycles. The van der Waals surface area contributed by atoms with E-state index in [1.54, 1.807) is 17.4 Å². The van der Waals surface area contributed by atoms with E-state index in [2.05, 4.69) is 34.1 Å². The van der Waals surface area contributed by atoms with Gasteiger partial charge in [0.25, 0.3) is 0 Å². The Balaban J connectivity index is 2.23. The molecule has 0 spiro atoms. The lowest BCUT2D eigenvalue weighted by Crippen LogP contribution is -2.03. The molecule has 0 bridgehead atoms. The maximum absolute atomic E-state index is 13.0. The van der Waals surface area contributed by atoms with Crippen molar-refractivity contribution >= 4 is 27.4 Å². The Bertz CT molecular complexity index is 796. The second-order valence-electron chi connectivity index (χ2n) is 4.75. The minimum Gasteiger partial charge on any atom is -0.370 e. The predicted molar refractivity (Wildman–Crippen MR) is 84.2 cm³/mol. The molecule has 3 rings (SSSR count). The van der Waals surface area contributed by atoms with Crippen LogP contribution in [-0.4, -0.2) is 21.5 Å². The van der Waals surface area contributed by atoms with Crippen LogP contribution in [0.25, 0.3) is 21.7 Å². The van der Waals surface area contributed by atoms with Crippen molar-refractivity contribution in [1.29, 1.82) is 0 Å². The van der Waals surface area contributed by atoms with E-state index in [1.165, 1.54) is 22.7 Å². The molecule has 3 heterocycles. The summed E-state index contributed by atoms with van der Waals surface area (Å²) in [6.45, 7) is 6.95. The van der Waals surface area contributed by atoms with Gasteiger partial charge in [0.15, 0.2) is 5.82 Å². The number of hydrogen-bond acceptors (Lipinski definition) is 5. The highest BCUT2D eigenvalue weighted by molar-refractivity contribution is 7.18. The lowest BCUT2D eigenvalue weighted by molar-refractivity contribution is 0.621. The zero-order valence-electron chi connectivity index (χ0n) is 12.1. The van der Waals surface area contributed by atoms with Gasteiger partial charge >= 0.3 is 0 Å². The summed E-state index contributed by atoms with van der Waals surface area (Å²) in [5.74, 6) is 0.958. The van der Waals surface area contributed by atoms with Gasteiger partial charge in [-0.2, -0.15) is 0 Å². The first-order valence-electron chi connectivity index (χ1n) is 6.73. The fraction of sp³-hybridized carbons (Fsp3) is 0.267. The van der Waals surface area contributed by atoms with Gasteiger partial charge in [-0.3, -0.25) is 0 Å². The lowest BCUT2D eigenvalue weighted by atomic mass is 10.2. The molecule has 0 saturated carbocycles. The van der Waals surface area contributed by atoms with Crippen LogP contribution < -0.4 is 5.32 Å². The highest BCUT2D eigenvalue weighted by Crippen LogP contribution is 2.34. The third-order valence-corrected chi connectivity index (χ3v) is 4.43. The quantitative estimate of drug-likeness (QED) is 0.796. The van der Waals surface area contributed by atoms with Crippen molar-refractivity contribution in [2.24, 2.45) is 0 Å². The number of nitrogens with one attached hydrogen (secondary N) is 1. The maximum atomic E-state index is 13.0. The molecule has 0 aromatic carbocycles. The zero-order chi connectivity index (χ0) is 15.0. The van der Waals surface area contributed by atoms with Crippen LogP contribution in [0, 0.1) is 19.7 Å². The summed E-state index contributed by atoms with van der Waals surface area (Å²) >= 11 is 1.64. The van der Waals surface area contributed by atoms with Gasteiger partial charge in [0.05, 0.1) is 11.6 Å². The molecule has 3 aromatic rings. The molecule has 0 aliphatic carbocycles. The number of anilines is 1. The fourth-order valence-electron chi connectivity index (χ4n) is 2.17. The van der Waals surface area contributed by atoms with Crippen molar-refractivity contribution in [3.63, 3.8) is 0 Å². The number of pyridine rings is 1. The van der Waals surface area contributed by atoms with Crippen molar-refractivity contribution in [3.8, 4) is 11.5 Å². The van der Waals surface area contributed by atoms with E-state index in [0.29, 0.717) is 11.5 Å². The number of rotatable bonds is 3. The smallest absolute Gasteiger partial charge is 0.181 e. The summed E-state index contributed by atoms with van der Waals surface area (Å²) in [6.07, 6.45) is 1.18. The topological polar surface area (TPSA) is 50.7 Å². The summed E-state index contributed by atoms with van der Waals surface area (Å²) in [6, 6.07) is 2.97. The normalized spacial score (nSPS) is 11.0. The van der Waals surface area contributed by atoms with Crippen LogP contribution in [0.15, 0.2) is 18.3 Å². The number of thiophene rings is 1. The molecule has 0 aliphatic heterocycles. The number of nitrogens with zero attached hydrogens (tertiary/aromatic N) is 3. The van der Waals surface area contributed by atoms with Gasteiger partial charge in [0.2, 0.25) is 0 Å². The van der Waals surface area contributed by atoms with Crippen LogP contribution in [-0.2, 0) is 0 Å². The molecular formula is C15H15FN4S. The number of aromatic nitrogens is 3. The molecule has 0 atom stereocenters. The van der Waals surface area contributed by atoms with Gasteiger partial charge in [-0.1, -0.05) is 0 Å². The summed E-state index contributed by atoms with van der Waals surface area (Å²) < 4.78 is 13.0. The van der Waals surface area contributed by atoms with Crippen molar-refractivity contribution in [3.05, 3.63) is 34.6 Å². The molecule has 0 aliphatic rings.